The minimum atomic E-state index is -1.41. The first-order valence-corrected chi connectivity index (χ1v) is 10.0. The monoisotopic (exact) mass is 423 g/mol. The van der Waals surface area contributed by atoms with Crippen molar-refractivity contribution < 1.29 is 19.5 Å². The Bertz CT molecular complexity index is 1090. The van der Waals surface area contributed by atoms with Crippen LogP contribution in [0.15, 0.2) is 53.4 Å². The Morgan fingerprint density at radius 1 is 1.03 bits per heavy atom. The molecule has 2 amide bonds. The summed E-state index contributed by atoms with van der Waals surface area (Å²) in [5, 5.41) is 11.0. The van der Waals surface area contributed by atoms with Crippen molar-refractivity contribution in [3.8, 4) is 0 Å². The minimum absolute atomic E-state index is 0.101. The van der Waals surface area contributed by atoms with Gasteiger partial charge in [-0.2, -0.15) is 0 Å². The molecule has 8 heteroatoms. The molecule has 1 fully saturated rings. The summed E-state index contributed by atoms with van der Waals surface area (Å²) in [6.45, 7) is 1.72. The van der Waals surface area contributed by atoms with E-state index in [-0.39, 0.29) is 20.7 Å². The number of para-hydroxylation sites is 1. The molecule has 4 rings (SSSR count). The third-order valence-electron chi connectivity index (χ3n) is 4.75. The fourth-order valence-electron chi connectivity index (χ4n) is 3.35. The molecule has 0 bridgehead atoms. The molecule has 6 nitrogen and oxygen atoms in total. The molecule has 0 unspecified atom stereocenters. The quantitative estimate of drug-likeness (QED) is 0.552. The van der Waals surface area contributed by atoms with Gasteiger partial charge in [-0.05, 0) is 18.6 Å². The zero-order valence-electron chi connectivity index (χ0n) is 15.4. The van der Waals surface area contributed by atoms with Crippen LogP contribution in [0.4, 0.5) is 5.69 Å². The second-order valence-corrected chi connectivity index (χ2v) is 8.37. The number of carboxylic acids is 1. The van der Waals surface area contributed by atoms with E-state index in [1.165, 1.54) is 0 Å². The second kappa shape index (κ2) is 7.46. The Labute approximate surface area is 176 Å². The summed E-state index contributed by atoms with van der Waals surface area (Å²) in [5.41, 5.74) is 3.69. The summed E-state index contributed by atoms with van der Waals surface area (Å²) >= 11 is 6.10. The lowest BCUT2D eigenvalue weighted by Gasteiger charge is -2.17. The van der Waals surface area contributed by atoms with Gasteiger partial charge < -0.3 is 14.8 Å². The summed E-state index contributed by atoms with van der Waals surface area (Å²) in [5.74, 6) is -2.30. The number of fused-ring (bicyclic) bond motifs is 1. The molecular weight excluding hydrogens is 408 g/mol. The van der Waals surface area contributed by atoms with Gasteiger partial charge in [0.2, 0.25) is 0 Å². The van der Waals surface area contributed by atoms with Gasteiger partial charge >= 0.3 is 0 Å². The van der Waals surface area contributed by atoms with E-state index in [9.17, 15) is 19.5 Å². The number of aliphatic carboxylic acids is 1. The van der Waals surface area contributed by atoms with Gasteiger partial charge in [-0.3, -0.25) is 14.5 Å². The summed E-state index contributed by atoms with van der Waals surface area (Å²) < 4.78 is 0.101. The molecule has 0 saturated carbocycles. The SMILES string of the molecule is Cc1ccc(CN2C(=O)C(=C3SC(=S)N(CC(=O)[O-])C3=O)c3ccccc32)cc1. The Hall–Kier alpha value is -2.97. The molecule has 29 heavy (non-hydrogen) atoms. The molecule has 0 atom stereocenters. The number of thiocarbonyl (C=S) groups is 1. The van der Waals surface area contributed by atoms with E-state index >= 15 is 0 Å². The van der Waals surface area contributed by atoms with Gasteiger partial charge in [0.15, 0.2) is 0 Å². The Morgan fingerprint density at radius 2 is 1.72 bits per heavy atom. The van der Waals surface area contributed by atoms with Gasteiger partial charge in [0, 0.05) is 5.56 Å². The molecule has 0 radical (unpaired) electrons. The summed E-state index contributed by atoms with van der Waals surface area (Å²) in [6.07, 6.45) is 0. The van der Waals surface area contributed by atoms with E-state index in [1.54, 1.807) is 17.0 Å². The minimum Gasteiger partial charge on any atom is -0.548 e. The molecule has 2 aliphatic rings. The number of aryl methyl sites for hydroxylation is 1. The van der Waals surface area contributed by atoms with E-state index in [0.717, 1.165) is 27.8 Å². The molecule has 2 aromatic carbocycles. The lowest BCUT2D eigenvalue weighted by atomic mass is 10.1. The van der Waals surface area contributed by atoms with E-state index in [2.05, 4.69) is 0 Å². The second-order valence-electron chi connectivity index (χ2n) is 6.73. The number of hydrogen-bond donors (Lipinski definition) is 0. The average molecular weight is 423 g/mol. The number of rotatable bonds is 4. The molecule has 0 spiro atoms. The predicted molar refractivity (Wildman–Crippen MR) is 113 cm³/mol. The van der Waals surface area contributed by atoms with E-state index in [1.807, 2.05) is 43.3 Å². The summed E-state index contributed by atoms with van der Waals surface area (Å²) in [6, 6.07) is 15.1. The number of carbonyl (C=O) groups excluding carboxylic acids is 3. The molecule has 2 aromatic rings. The van der Waals surface area contributed by atoms with Crippen LogP contribution in [-0.2, 0) is 20.9 Å². The van der Waals surface area contributed by atoms with Crippen LogP contribution in [0.1, 0.15) is 16.7 Å². The number of amides is 2. The Balaban J connectivity index is 1.76. The molecule has 1 saturated heterocycles. The highest BCUT2D eigenvalue weighted by atomic mass is 32.2. The zero-order chi connectivity index (χ0) is 20.7. The van der Waals surface area contributed by atoms with Crippen molar-refractivity contribution in [1.82, 2.24) is 4.90 Å². The highest BCUT2D eigenvalue weighted by molar-refractivity contribution is 8.26. The van der Waals surface area contributed by atoms with E-state index in [4.69, 9.17) is 12.2 Å². The van der Waals surface area contributed by atoms with Crippen molar-refractivity contribution in [2.24, 2.45) is 0 Å². The van der Waals surface area contributed by atoms with Crippen LogP contribution in [0.25, 0.3) is 5.57 Å². The van der Waals surface area contributed by atoms with Crippen LogP contribution < -0.4 is 10.0 Å². The summed E-state index contributed by atoms with van der Waals surface area (Å²) in [4.78, 5) is 39.8. The van der Waals surface area contributed by atoms with Crippen molar-refractivity contribution in [2.45, 2.75) is 13.5 Å². The molecule has 2 aliphatic heterocycles. The molecule has 0 aliphatic carbocycles. The summed E-state index contributed by atoms with van der Waals surface area (Å²) in [7, 11) is 0. The van der Waals surface area contributed by atoms with Crippen LogP contribution in [0, 0.1) is 6.92 Å². The maximum atomic E-state index is 13.3. The maximum Gasteiger partial charge on any atom is 0.267 e. The number of carboxylic acid groups (broad SMARTS) is 1. The lowest BCUT2D eigenvalue weighted by molar-refractivity contribution is -0.305. The number of nitrogens with zero attached hydrogens (tertiary/aromatic N) is 2. The van der Waals surface area contributed by atoms with Crippen LogP contribution >= 0.6 is 24.0 Å². The average Bonchev–Trinajstić information content (AvgIpc) is 3.11. The van der Waals surface area contributed by atoms with Crippen LogP contribution in [0.2, 0.25) is 0 Å². The fraction of sp³-hybridized carbons (Fsp3) is 0.143. The van der Waals surface area contributed by atoms with Crippen LogP contribution in [0.3, 0.4) is 0 Å². The number of benzene rings is 2. The van der Waals surface area contributed by atoms with Gasteiger partial charge in [-0.25, -0.2) is 0 Å². The number of carbonyl (C=O) groups is 3. The van der Waals surface area contributed by atoms with Crippen LogP contribution in [-0.4, -0.2) is 33.5 Å². The smallest absolute Gasteiger partial charge is 0.267 e. The van der Waals surface area contributed by atoms with Crippen LogP contribution in [0.5, 0.6) is 0 Å². The number of hydrogen-bond acceptors (Lipinski definition) is 6. The van der Waals surface area contributed by atoms with Gasteiger partial charge in [0.25, 0.3) is 11.8 Å². The predicted octanol–water partition coefficient (Wildman–Crippen LogP) is 1.86. The largest absolute Gasteiger partial charge is 0.548 e. The standard InChI is InChI=1S/C21H16N2O4S2/c1-12-6-8-13(9-7-12)10-22-15-5-3-2-4-14(15)17(19(22)26)18-20(27)23(11-16(24)25)21(28)29-18/h2-9H,10-11H2,1H3,(H,24,25)/p-1. The van der Waals surface area contributed by atoms with E-state index < -0.39 is 18.4 Å². The molecule has 0 N–H and O–H groups in total. The highest BCUT2D eigenvalue weighted by Gasteiger charge is 2.41. The van der Waals surface area contributed by atoms with Crippen molar-refractivity contribution >= 4 is 57.3 Å². The molecule has 146 valence electrons. The van der Waals surface area contributed by atoms with E-state index in [0.29, 0.717) is 17.8 Å². The topological polar surface area (TPSA) is 80.8 Å². The van der Waals surface area contributed by atoms with Crippen molar-refractivity contribution in [1.29, 1.82) is 0 Å². The lowest BCUT2D eigenvalue weighted by Crippen LogP contribution is -2.40. The number of anilines is 1. The molecule has 2 heterocycles. The third-order valence-corrected chi connectivity index (χ3v) is 6.20. The normalized spacial score (nSPS) is 18.6. The fourth-order valence-corrected chi connectivity index (χ4v) is 4.67. The Morgan fingerprint density at radius 3 is 2.41 bits per heavy atom. The third kappa shape index (κ3) is 3.45. The van der Waals surface area contributed by atoms with Gasteiger partial charge in [0.05, 0.1) is 35.2 Å². The zero-order valence-corrected chi connectivity index (χ0v) is 17.0. The first-order valence-electron chi connectivity index (χ1n) is 8.81. The molecular formula is C21H15N2O4S2-. The Kier molecular flexibility index (Phi) is 4.97. The number of thioether (sulfide) groups is 1. The maximum absolute atomic E-state index is 13.3. The molecule has 0 aromatic heterocycles. The highest BCUT2D eigenvalue weighted by Crippen LogP contribution is 2.44. The first-order chi connectivity index (χ1) is 13.9. The van der Waals surface area contributed by atoms with Crippen molar-refractivity contribution in [3.63, 3.8) is 0 Å². The van der Waals surface area contributed by atoms with Gasteiger partial charge in [-0.1, -0.05) is 72.0 Å². The van der Waals surface area contributed by atoms with Crippen molar-refractivity contribution in [3.05, 3.63) is 70.1 Å². The van der Waals surface area contributed by atoms with Gasteiger partial charge in [0.1, 0.15) is 4.32 Å². The van der Waals surface area contributed by atoms with Crippen molar-refractivity contribution in [2.75, 3.05) is 11.4 Å². The first kappa shape index (κ1) is 19.4. The van der Waals surface area contributed by atoms with Gasteiger partial charge in [-0.15, -0.1) is 0 Å².